The quantitative estimate of drug-likeness (QED) is 0.698. The van der Waals surface area contributed by atoms with E-state index in [0.717, 1.165) is 36.6 Å². The summed E-state index contributed by atoms with van der Waals surface area (Å²) in [4.78, 5) is 0. The van der Waals surface area contributed by atoms with E-state index in [9.17, 15) is 0 Å². The summed E-state index contributed by atoms with van der Waals surface area (Å²) >= 11 is 5.25. The number of fused-ring (bicyclic) bond motifs is 3. The van der Waals surface area contributed by atoms with Crippen LogP contribution in [0.1, 0.15) is 18.9 Å². The first-order chi connectivity index (χ1) is 10.8. The minimum Gasteiger partial charge on any atom is -0.464 e. The summed E-state index contributed by atoms with van der Waals surface area (Å²) in [6.07, 6.45) is 3.71. The zero-order valence-corrected chi connectivity index (χ0v) is 13.5. The maximum absolute atomic E-state index is 5.70. The van der Waals surface area contributed by atoms with Gasteiger partial charge in [-0.2, -0.15) is 0 Å². The second-order valence-corrected chi connectivity index (χ2v) is 5.76. The van der Waals surface area contributed by atoms with E-state index < -0.39 is 0 Å². The fourth-order valence-electron chi connectivity index (χ4n) is 2.69. The number of hydrogen-bond donors (Lipinski definition) is 2. The molecule has 1 aromatic heterocycles. The molecule has 0 bridgehead atoms. The van der Waals surface area contributed by atoms with E-state index in [4.69, 9.17) is 16.6 Å². The normalized spacial score (nSPS) is 11.0. The Hall–Kier alpha value is -2.07. The van der Waals surface area contributed by atoms with Crippen LogP contribution in [0, 0.1) is 0 Å². The summed E-state index contributed by atoms with van der Waals surface area (Å²) in [5, 5.41) is 10.8. The second-order valence-electron chi connectivity index (χ2n) is 5.35. The van der Waals surface area contributed by atoms with Crippen LogP contribution in [0.2, 0.25) is 0 Å². The van der Waals surface area contributed by atoms with Gasteiger partial charge in [-0.05, 0) is 53.5 Å². The van der Waals surface area contributed by atoms with E-state index in [2.05, 4.69) is 47.9 Å². The van der Waals surface area contributed by atoms with Gasteiger partial charge in [-0.15, -0.1) is 0 Å². The molecule has 3 rings (SSSR count). The highest BCUT2D eigenvalue weighted by Crippen LogP contribution is 2.29. The lowest BCUT2D eigenvalue weighted by molar-refractivity contribution is 0.610. The number of benzene rings is 2. The molecule has 3 nitrogen and oxygen atoms in total. The highest BCUT2D eigenvalue weighted by molar-refractivity contribution is 7.80. The van der Waals surface area contributed by atoms with Crippen molar-refractivity contribution < 1.29 is 4.42 Å². The zero-order chi connectivity index (χ0) is 15.4. The van der Waals surface area contributed by atoms with Crippen molar-refractivity contribution in [3.8, 4) is 0 Å². The molecule has 1 heterocycles. The lowest BCUT2D eigenvalue weighted by Crippen LogP contribution is -2.36. The fourth-order valence-corrected chi connectivity index (χ4v) is 2.89. The van der Waals surface area contributed by atoms with E-state index in [1.807, 2.05) is 6.07 Å². The summed E-state index contributed by atoms with van der Waals surface area (Å²) in [5.74, 6) is 0. The lowest BCUT2D eigenvalue weighted by atomic mass is 10.0. The van der Waals surface area contributed by atoms with Gasteiger partial charge >= 0.3 is 0 Å². The number of rotatable bonds is 5. The van der Waals surface area contributed by atoms with Gasteiger partial charge in [0, 0.05) is 18.5 Å². The molecule has 0 amide bonds. The fraction of sp³-hybridized carbons (Fsp3) is 0.278. The van der Waals surface area contributed by atoms with E-state index >= 15 is 0 Å². The molecule has 114 valence electrons. The largest absolute Gasteiger partial charge is 0.464 e. The summed E-state index contributed by atoms with van der Waals surface area (Å²) in [6.45, 7) is 3.83. The van der Waals surface area contributed by atoms with Gasteiger partial charge in [0.15, 0.2) is 5.11 Å². The molecule has 0 fully saturated rings. The molecular formula is C18H20N2OS. The van der Waals surface area contributed by atoms with E-state index in [-0.39, 0.29) is 0 Å². The molecule has 0 radical (unpaired) electrons. The summed E-state index contributed by atoms with van der Waals surface area (Å²) in [6, 6.07) is 12.7. The Labute approximate surface area is 135 Å². The van der Waals surface area contributed by atoms with Crippen molar-refractivity contribution in [1.29, 1.82) is 0 Å². The summed E-state index contributed by atoms with van der Waals surface area (Å²) < 4.78 is 5.70. The maximum atomic E-state index is 5.70. The average Bonchev–Trinajstić information content (AvgIpc) is 3.03. The molecule has 0 unspecified atom stereocenters. The molecule has 2 N–H and O–H groups in total. The van der Waals surface area contributed by atoms with Crippen molar-refractivity contribution in [3.63, 3.8) is 0 Å². The van der Waals surface area contributed by atoms with Crippen LogP contribution >= 0.6 is 12.2 Å². The molecule has 0 aliphatic carbocycles. The van der Waals surface area contributed by atoms with Gasteiger partial charge in [0.1, 0.15) is 5.58 Å². The van der Waals surface area contributed by atoms with Crippen LogP contribution in [-0.2, 0) is 6.42 Å². The minimum absolute atomic E-state index is 0.721. The van der Waals surface area contributed by atoms with Crippen molar-refractivity contribution in [2.45, 2.75) is 19.8 Å². The first-order valence-corrected chi connectivity index (χ1v) is 8.10. The Morgan fingerprint density at radius 2 is 1.91 bits per heavy atom. The smallest absolute Gasteiger partial charge is 0.166 e. The molecule has 0 spiro atoms. The molecule has 0 saturated carbocycles. The van der Waals surface area contributed by atoms with Gasteiger partial charge in [-0.1, -0.05) is 31.2 Å². The average molecular weight is 312 g/mol. The number of thiocarbonyl (C=S) groups is 1. The van der Waals surface area contributed by atoms with E-state index in [0.29, 0.717) is 0 Å². The van der Waals surface area contributed by atoms with Crippen molar-refractivity contribution in [1.82, 2.24) is 10.6 Å². The molecule has 22 heavy (non-hydrogen) atoms. The molecule has 3 aromatic rings. The predicted molar refractivity (Wildman–Crippen MR) is 96.3 cm³/mol. The summed E-state index contributed by atoms with van der Waals surface area (Å²) in [5.41, 5.74) is 2.19. The van der Waals surface area contributed by atoms with Gasteiger partial charge < -0.3 is 15.1 Å². The van der Waals surface area contributed by atoms with Gasteiger partial charge in [0.25, 0.3) is 0 Å². The van der Waals surface area contributed by atoms with E-state index in [1.54, 1.807) is 6.26 Å². The molecule has 0 atom stereocenters. The molecular weight excluding hydrogens is 292 g/mol. The molecule has 2 aromatic carbocycles. The lowest BCUT2D eigenvalue weighted by Gasteiger charge is -2.10. The first kappa shape index (κ1) is 14.9. The second kappa shape index (κ2) is 6.79. The van der Waals surface area contributed by atoms with Crippen LogP contribution in [0.25, 0.3) is 21.7 Å². The minimum atomic E-state index is 0.721. The Morgan fingerprint density at radius 3 is 2.77 bits per heavy atom. The van der Waals surface area contributed by atoms with Crippen molar-refractivity contribution in [2.24, 2.45) is 0 Å². The Balaban J connectivity index is 1.78. The standard InChI is InChI=1S/C18H20N2OS/c1-2-9-19-18(22)20-10-7-14-12-13-5-3-4-6-15(13)16-8-11-21-17(14)16/h3-6,8,11-12H,2,7,9-10H2,1H3,(H2,19,20,22). The predicted octanol–water partition coefficient (Wildman–Crippen LogP) is 4.00. The topological polar surface area (TPSA) is 37.2 Å². The van der Waals surface area contributed by atoms with Gasteiger partial charge in [-0.25, -0.2) is 0 Å². The molecule has 4 heteroatoms. The number of hydrogen-bond acceptors (Lipinski definition) is 2. The first-order valence-electron chi connectivity index (χ1n) is 7.69. The maximum Gasteiger partial charge on any atom is 0.166 e. The third-order valence-corrected chi connectivity index (χ3v) is 4.04. The third-order valence-electron chi connectivity index (χ3n) is 3.75. The Kier molecular flexibility index (Phi) is 4.59. The van der Waals surface area contributed by atoms with Gasteiger partial charge in [-0.3, -0.25) is 0 Å². The van der Waals surface area contributed by atoms with Crippen molar-refractivity contribution >= 4 is 39.1 Å². The van der Waals surface area contributed by atoms with Crippen molar-refractivity contribution in [3.05, 3.63) is 48.2 Å². The highest BCUT2D eigenvalue weighted by Gasteiger charge is 2.09. The SMILES string of the molecule is CCCNC(=S)NCCc1cc2ccccc2c2ccoc12. The van der Waals surface area contributed by atoms with Crippen LogP contribution in [0.5, 0.6) is 0 Å². The summed E-state index contributed by atoms with van der Waals surface area (Å²) in [7, 11) is 0. The number of furan rings is 1. The van der Waals surface area contributed by atoms with E-state index in [1.165, 1.54) is 21.7 Å². The van der Waals surface area contributed by atoms with Gasteiger partial charge in [0.05, 0.1) is 6.26 Å². The number of nitrogens with one attached hydrogen (secondary N) is 2. The van der Waals surface area contributed by atoms with Crippen LogP contribution in [0.3, 0.4) is 0 Å². The van der Waals surface area contributed by atoms with Crippen LogP contribution < -0.4 is 10.6 Å². The van der Waals surface area contributed by atoms with Gasteiger partial charge in [0.2, 0.25) is 0 Å². The Bertz CT molecular complexity index is 794. The van der Waals surface area contributed by atoms with Crippen LogP contribution in [0.15, 0.2) is 47.1 Å². The molecule has 0 aliphatic rings. The highest BCUT2D eigenvalue weighted by atomic mass is 32.1. The zero-order valence-electron chi connectivity index (χ0n) is 12.7. The van der Waals surface area contributed by atoms with Crippen LogP contribution in [-0.4, -0.2) is 18.2 Å². The van der Waals surface area contributed by atoms with Crippen LogP contribution in [0.4, 0.5) is 0 Å². The van der Waals surface area contributed by atoms with Crippen molar-refractivity contribution in [2.75, 3.05) is 13.1 Å². The third kappa shape index (κ3) is 3.07. The Morgan fingerprint density at radius 1 is 1.09 bits per heavy atom. The molecule has 0 saturated heterocycles. The molecule has 0 aliphatic heterocycles. The monoisotopic (exact) mass is 312 g/mol.